The van der Waals surface area contributed by atoms with Crippen LogP contribution in [0.4, 0.5) is 0 Å². The summed E-state index contributed by atoms with van der Waals surface area (Å²) >= 11 is 12.1. The van der Waals surface area contributed by atoms with Gasteiger partial charge in [-0.3, -0.25) is 9.48 Å². The van der Waals surface area contributed by atoms with E-state index in [2.05, 4.69) is 36.4 Å². The number of amides is 1. The van der Waals surface area contributed by atoms with Crippen LogP contribution in [0.15, 0.2) is 40.8 Å². The van der Waals surface area contributed by atoms with E-state index in [0.29, 0.717) is 47.1 Å². The molecular formula is C23H27Cl2N3O3. The van der Waals surface area contributed by atoms with Crippen LogP contribution >= 0.6 is 23.2 Å². The monoisotopic (exact) mass is 463 g/mol. The Hall–Kier alpha value is -2.44. The van der Waals surface area contributed by atoms with Gasteiger partial charge in [-0.25, -0.2) is 0 Å². The van der Waals surface area contributed by atoms with Gasteiger partial charge < -0.3 is 14.5 Å². The Balaban J connectivity index is 1.43. The van der Waals surface area contributed by atoms with Crippen LogP contribution in [0, 0.1) is 6.92 Å². The van der Waals surface area contributed by atoms with Crippen molar-refractivity contribution in [3.63, 3.8) is 0 Å². The van der Waals surface area contributed by atoms with Gasteiger partial charge in [0.25, 0.3) is 5.91 Å². The van der Waals surface area contributed by atoms with Gasteiger partial charge in [-0.15, -0.1) is 0 Å². The summed E-state index contributed by atoms with van der Waals surface area (Å²) in [6.45, 7) is 7.45. The number of benzene rings is 1. The van der Waals surface area contributed by atoms with Gasteiger partial charge in [0.05, 0.1) is 5.69 Å². The number of aryl methyl sites for hydroxylation is 2. The summed E-state index contributed by atoms with van der Waals surface area (Å²) in [5, 5.41) is 7.96. The first-order valence-electron chi connectivity index (χ1n) is 10.4. The second kappa shape index (κ2) is 10.7. The minimum Gasteiger partial charge on any atom is -0.486 e. The Morgan fingerprint density at radius 1 is 1.23 bits per heavy atom. The average molecular weight is 464 g/mol. The summed E-state index contributed by atoms with van der Waals surface area (Å²) in [6, 6.07) is 11.5. The molecule has 1 atom stereocenters. The van der Waals surface area contributed by atoms with E-state index in [1.54, 1.807) is 23.7 Å². The molecule has 0 aliphatic heterocycles. The molecule has 2 heterocycles. The first-order chi connectivity index (χ1) is 14.9. The van der Waals surface area contributed by atoms with Crippen molar-refractivity contribution in [2.45, 2.75) is 52.7 Å². The SMILES string of the molecule is CCC(C)c1ccc(OCc2ccc(C(=O)NCCCn3nc(C)c(Cl)c3Cl)o2)cc1. The van der Waals surface area contributed by atoms with Gasteiger partial charge in [0.1, 0.15) is 28.3 Å². The normalized spacial score (nSPS) is 12.0. The molecule has 3 rings (SSSR count). The van der Waals surface area contributed by atoms with E-state index >= 15 is 0 Å². The number of hydrogen-bond donors (Lipinski definition) is 1. The van der Waals surface area contributed by atoms with Crippen LogP contribution in [-0.4, -0.2) is 22.2 Å². The summed E-state index contributed by atoms with van der Waals surface area (Å²) in [5.74, 6) is 1.86. The highest BCUT2D eigenvalue weighted by molar-refractivity contribution is 6.41. The first kappa shape index (κ1) is 23.2. The maximum atomic E-state index is 12.3. The lowest BCUT2D eigenvalue weighted by molar-refractivity contribution is 0.0921. The average Bonchev–Trinajstić information content (AvgIpc) is 3.35. The van der Waals surface area contributed by atoms with Gasteiger partial charge in [-0.05, 0) is 55.5 Å². The fourth-order valence-corrected chi connectivity index (χ4v) is 3.45. The van der Waals surface area contributed by atoms with Gasteiger partial charge in [-0.1, -0.05) is 49.2 Å². The molecule has 3 aromatic rings. The van der Waals surface area contributed by atoms with E-state index in [1.165, 1.54) is 5.56 Å². The Bertz CT molecular complexity index is 1010. The van der Waals surface area contributed by atoms with Crippen molar-refractivity contribution in [1.29, 1.82) is 0 Å². The minimum atomic E-state index is -0.273. The largest absolute Gasteiger partial charge is 0.486 e. The van der Waals surface area contributed by atoms with E-state index in [-0.39, 0.29) is 18.3 Å². The van der Waals surface area contributed by atoms with Crippen molar-refractivity contribution in [2.75, 3.05) is 6.54 Å². The maximum Gasteiger partial charge on any atom is 0.286 e. The van der Waals surface area contributed by atoms with Crippen LogP contribution in [0.3, 0.4) is 0 Å². The summed E-state index contributed by atoms with van der Waals surface area (Å²) in [7, 11) is 0. The number of ether oxygens (including phenoxy) is 1. The van der Waals surface area contributed by atoms with Gasteiger partial charge in [0.15, 0.2) is 5.76 Å². The summed E-state index contributed by atoms with van der Waals surface area (Å²) in [6.07, 6.45) is 1.76. The summed E-state index contributed by atoms with van der Waals surface area (Å²) in [5.41, 5.74) is 1.98. The highest BCUT2D eigenvalue weighted by atomic mass is 35.5. The smallest absolute Gasteiger partial charge is 0.286 e. The van der Waals surface area contributed by atoms with Crippen molar-refractivity contribution >= 4 is 29.1 Å². The second-order valence-corrected chi connectivity index (χ2v) is 8.19. The quantitative estimate of drug-likeness (QED) is 0.374. The molecule has 166 valence electrons. The molecule has 0 aliphatic carbocycles. The molecule has 1 N–H and O–H groups in total. The fourth-order valence-electron chi connectivity index (χ4n) is 3.06. The maximum absolute atomic E-state index is 12.3. The molecule has 0 aliphatic rings. The number of nitrogens with zero attached hydrogens (tertiary/aromatic N) is 2. The van der Waals surface area contributed by atoms with Crippen molar-refractivity contribution in [3.05, 3.63) is 69.4 Å². The third-order valence-electron chi connectivity index (χ3n) is 5.16. The predicted molar refractivity (Wildman–Crippen MR) is 122 cm³/mol. The first-order valence-corrected chi connectivity index (χ1v) is 11.1. The number of nitrogens with one attached hydrogen (secondary N) is 1. The Kier molecular flexibility index (Phi) is 8.04. The zero-order valence-corrected chi connectivity index (χ0v) is 19.5. The number of furan rings is 1. The Labute approximate surface area is 192 Å². The van der Waals surface area contributed by atoms with Crippen LogP contribution in [0.2, 0.25) is 10.2 Å². The van der Waals surface area contributed by atoms with E-state index in [0.717, 1.165) is 12.2 Å². The Morgan fingerprint density at radius 3 is 2.61 bits per heavy atom. The molecule has 0 bridgehead atoms. The summed E-state index contributed by atoms with van der Waals surface area (Å²) < 4.78 is 13.0. The standard InChI is InChI=1S/C23H27Cl2N3O3/c1-4-15(2)17-6-8-18(9-7-17)30-14-19-10-11-20(31-19)23(29)26-12-5-13-28-22(25)21(24)16(3)27-28/h6-11,15H,4-5,12-14H2,1-3H3,(H,26,29). The molecule has 2 aromatic heterocycles. The van der Waals surface area contributed by atoms with E-state index in [4.69, 9.17) is 32.4 Å². The summed E-state index contributed by atoms with van der Waals surface area (Å²) in [4.78, 5) is 12.3. The molecule has 8 heteroatoms. The molecule has 0 fully saturated rings. The second-order valence-electron chi connectivity index (χ2n) is 7.46. The lowest BCUT2D eigenvalue weighted by Crippen LogP contribution is -2.25. The third-order valence-corrected chi connectivity index (χ3v) is 6.09. The third kappa shape index (κ3) is 6.05. The topological polar surface area (TPSA) is 69.3 Å². The molecule has 0 radical (unpaired) electrons. The molecule has 6 nitrogen and oxygen atoms in total. The highest BCUT2D eigenvalue weighted by Gasteiger charge is 2.13. The van der Waals surface area contributed by atoms with Gasteiger partial charge in [-0.2, -0.15) is 5.10 Å². The molecule has 31 heavy (non-hydrogen) atoms. The molecule has 1 amide bonds. The molecular weight excluding hydrogens is 437 g/mol. The molecule has 1 unspecified atom stereocenters. The molecule has 0 saturated carbocycles. The van der Waals surface area contributed by atoms with Gasteiger partial charge >= 0.3 is 0 Å². The zero-order valence-electron chi connectivity index (χ0n) is 18.0. The number of halogens is 2. The van der Waals surface area contributed by atoms with Gasteiger partial charge in [0.2, 0.25) is 0 Å². The Morgan fingerprint density at radius 2 is 1.97 bits per heavy atom. The van der Waals surface area contributed by atoms with Crippen molar-refractivity contribution < 1.29 is 13.9 Å². The van der Waals surface area contributed by atoms with Crippen LogP contribution < -0.4 is 10.1 Å². The van der Waals surface area contributed by atoms with Crippen LogP contribution in [0.5, 0.6) is 5.75 Å². The number of carbonyl (C=O) groups is 1. The predicted octanol–water partition coefficient (Wildman–Crippen LogP) is 6.00. The van der Waals surface area contributed by atoms with Crippen LogP contribution in [0.1, 0.15) is 60.2 Å². The number of carbonyl (C=O) groups excluding carboxylic acids is 1. The molecule has 0 spiro atoms. The lowest BCUT2D eigenvalue weighted by Gasteiger charge is -2.10. The van der Waals surface area contributed by atoms with Crippen molar-refractivity contribution in [1.82, 2.24) is 15.1 Å². The minimum absolute atomic E-state index is 0.252. The van der Waals surface area contributed by atoms with Crippen LogP contribution in [0.25, 0.3) is 0 Å². The van der Waals surface area contributed by atoms with E-state index in [9.17, 15) is 4.79 Å². The number of aromatic nitrogens is 2. The number of rotatable bonds is 10. The highest BCUT2D eigenvalue weighted by Crippen LogP contribution is 2.25. The van der Waals surface area contributed by atoms with Crippen molar-refractivity contribution in [3.8, 4) is 5.75 Å². The van der Waals surface area contributed by atoms with Gasteiger partial charge in [0, 0.05) is 13.1 Å². The molecule has 0 saturated heterocycles. The molecule has 1 aromatic carbocycles. The number of hydrogen-bond acceptors (Lipinski definition) is 4. The van der Waals surface area contributed by atoms with Crippen LogP contribution in [-0.2, 0) is 13.2 Å². The lowest BCUT2D eigenvalue weighted by atomic mass is 9.99. The fraction of sp³-hybridized carbons (Fsp3) is 0.391. The van der Waals surface area contributed by atoms with E-state index in [1.807, 2.05) is 12.1 Å². The zero-order chi connectivity index (χ0) is 22.4. The van der Waals surface area contributed by atoms with E-state index < -0.39 is 0 Å². The van der Waals surface area contributed by atoms with Crippen molar-refractivity contribution in [2.24, 2.45) is 0 Å².